The molecule has 0 fully saturated rings. The molecule has 0 saturated carbocycles. The van der Waals surface area contributed by atoms with Crippen molar-refractivity contribution in [2.24, 2.45) is 0 Å². The molecule has 3 rings (SSSR count). The molecule has 1 aliphatic rings. The lowest BCUT2D eigenvalue weighted by Gasteiger charge is -2.32. The first-order valence-electron chi connectivity index (χ1n) is 7.94. The van der Waals surface area contributed by atoms with Crippen molar-refractivity contribution in [2.75, 3.05) is 24.3 Å². The first-order chi connectivity index (χ1) is 11.1. The van der Waals surface area contributed by atoms with Gasteiger partial charge in [0.15, 0.2) is 0 Å². The van der Waals surface area contributed by atoms with Gasteiger partial charge >= 0.3 is 0 Å². The minimum atomic E-state index is -0.225. The molecule has 0 aliphatic carbocycles. The van der Waals surface area contributed by atoms with E-state index in [1.807, 2.05) is 54.3 Å². The lowest BCUT2D eigenvalue weighted by Crippen LogP contribution is -2.38. The standard InChI is InChI=1S/C19H22N2O2/c1-13(14-6-3-7-15(12-14)23-2)19(22)21-11-5-8-16-17(20)9-4-10-18(16)21/h3-4,6-7,9-10,12-13H,5,8,11,20H2,1-2H3. The number of hydrogen-bond acceptors (Lipinski definition) is 3. The molecule has 0 spiro atoms. The van der Waals surface area contributed by atoms with Gasteiger partial charge in [0, 0.05) is 17.9 Å². The van der Waals surface area contributed by atoms with Crippen LogP contribution in [0.1, 0.15) is 30.4 Å². The molecule has 0 bridgehead atoms. The summed E-state index contributed by atoms with van der Waals surface area (Å²) in [6.45, 7) is 2.68. The van der Waals surface area contributed by atoms with E-state index < -0.39 is 0 Å². The summed E-state index contributed by atoms with van der Waals surface area (Å²) in [7, 11) is 1.63. The number of ether oxygens (including phenoxy) is 1. The molecule has 0 radical (unpaired) electrons. The molecule has 1 heterocycles. The van der Waals surface area contributed by atoms with Crippen molar-refractivity contribution in [2.45, 2.75) is 25.7 Å². The zero-order chi connectivity index (χ0) is 16.4. The number of methoxy groups -OCH3 is 1. The Kier molecular flexibility index (Phi) is 4.24. The number of nitrogens with two attached hydrogens (primary N) is 1. The normalized spacial score (nSPS) is 15.0. The fourth-order valence-electron chi connectivity index (χ4n) is 3.17. The summed E-state index contributed by atoms with van der Waals surface area (Å²) in [6, 6.07) is 13.5. The van der Waals surface area contributed by atoms with Gasteiger partial charge in [0.1, 0.15) is 5.75 Å². The van der Waals surface area contributed by atoms with E-state index >= 15 is 0 Å². The Hall–Kier alpha value is -2.49. The molecule has 4 heteroatoms. The monoisotopic (exact) mass is 310 g/mol. The largest absolute Gasteiger partial charge is 0.497 e. The maximum Gasteiger partial charge on any atom is 0.234 e. The van der Waals surface area contributed by atoms with Gasteiger partial charge in [-0.1, -0.05) is 18.2 Å². The van der Waals surface area contributed by atoms with Crippen molar-refractivity contribution in [3.63, 3.8) is 0 Å². The number of anilines is 2. The number of carbonyl (C=O) groups excluding carboxylic acids is 1. The number of fused-ring (bicyclic) bond motifs is 1. The van der Waals surface area contributed by atoms with E-state index in [1.54, 1.807) is 7.11 Å². The summed E-state index contributed by atoms with van der Waals surface area (Å²) >= 11 is 0. The van der Waals surface area contributed by atoms with Crippen LogP contribution in [-0.2, 0) is 11.2 Å². The van der Waals surface area contributed by atoms with Crippen LogP contribution >= 0.6 is 0 Å². The van der Waals surface area contributed by atoms with E-state index in [9.17, 15) is 4.79 Å². The second-order valence-corrected chi connectivity index (χ2v) is 5.94. The molecule has 2 aromatic rings. The Labute approximate surface area is 136 Å². The third-order valence-corrected chi connectivity index (χ3v) is 4.52. The van der Waals surface area contributed by atoms with Crippen LogP contribution in [-0.4, -0.2) is 19.6 Å². The molecule has 23 heavy (non-hydrogen) atoms. The highest BCUT2D eigenvalue weighted by atomic mass is 16.5. The minimum absolute atomic E-state index is 0.102. The second kappa shape index (κ2) is 6.32. The van der Waals surface area contributed by atoms with E-state index in [0.717, 1.165) is 47.6 Å². The maximum absolute atomic E-state index is 13.0. The second-order valence-electron chi connectivity index (χ2n) is 5.94. The third kappa shape index (κ3) is 2.89. The van der Waals surface area contributed by atoms with Crippen LogP contribution in [0.15, 0.2) is 42.5 Å². The number of benzene rings is 2. The number of carbonyl (C=O) groups is 1. The smallest absolute Gasteiger partial charge is 0.234 e. The van der Waals surface area contributed by atoms with Gasteiger partial charge in [-0.3, -0.25) is 4.79 Å². The van der Waals surface area contributed by atoms with Crippen LogP contribution in [0.2, 0.25) is 0 Å². The van der Waals surface area contributed by atoms with Crippen LogP contribution in [0.5, 0.6) is 5.75 Å². The molecular formula is C19H22N2O2. The Morgan fingerprint density at radius 1 is 1.26 bits per heavy atom. The lowest BCUT2D eigenvalue weighted by molar-refractivity contribution is -0.119. The van der Waals surface area contributed by atoms with E-state index in [1.165, 1.54) is 0 Å². The molecule has 0 aromatic heterocycles. The average molecular weight is 310 g/mol. The highest BCUT2D eigenvalue weighted by Crippen LogP contribution is 2.33. The Morgan fingerprint density at radius 3 is 2.83 bits per heavy atom. The van der Waals surface area contributed by atoms with Crippen molar-refractivity contribution in [3.8, 4) is 5.75 Å². The predicted octanol–water partition coefficient (Wildman–Crippen LogP) is 3.36. The van der Waals surface area contributed by atoms with Crippen molar-refractivity contribution >= 4 is 17.3 Å². The van der Waals surface area contributed by atoms with Crippen LogP contribution in [0.25, 0.3) is 0 Å². The van der Waals surface area contributed by atoms with Crippen LogP contribution < -0.4 is 15.4 Å². The molecular weight excluding hydrogens is 288 g/mol. The van der Waals surface area contributed by atoms with E-state index in [2.05, 4.69) is 0 Å². The topological polar surface area (TPSA) is 55.6 Å². The number of nitrogen functional groups attached to an aromatic ring is 1. The summed E-state index contributed by atoms with van der Waals surface area (Å²) in [6.07, 6.45) is 1.87. The van der Waals surface area contributed by atoms with E-state index in [-0.39, 0.29) is 11.8 Å². The SMILES string of the molecule is COc1cccc(C(C)C(=O)N2CCCc3c(N)cccc32)c1. The first kappa shape index (κ1) is 15.4. The summed E-state index contributed by atoms with van der Waals surface area (Å²) in [5, 5.41) is 0. The van der Waals surface area contributed by atoms with Crippen molar-refractivity contribution in [1.29, 1.82) is 0 Å². The Balaban J connectivity index is 1.90. The maximum atomic E-state index is 13.0. The highest BCUT2D eigenvalue weighted by Gasteiger charge is 2.28. The predicted molar refractivity (Wildman–Crippen MR) is 92.9 cm³/mol. The van der Waals surface area contributed by atoms with Gasteiger partial charge in [-0.15, -0.1) is 0 Å². The number of rotatable bonds is 3. The molecule has 2 N–H and O–H groups in total. The molecule has 120 valence electrons. The van der Waals surface area contributed by atoms with Crippen LogP contribution in [0.4, 0.5) is 11.4 Å². The summed E-state index contributed by atoms with van der Waals surface area (Å²) in [4.78, 5) is 14.9. The van der Waals surface area contributed by atoms with Crippen molar-refractivity contribution in [1.82, 2.24) is 0 Å². The number of amides is 1. The highest BCUT2D eigenvalue weighted by molar-refractivity contribution is 5.99. The van der Waals surface area contributed by atoms with Gasteiger partial charge in [-0.05, 0) is 55.2 Å². The van der Waals surface area contributed by atoms with Crippen molar-refractivity contribution < 1.29 is 9.53 Å². The van der Waals surface area contributed by atoms with E-state index in [4.69, 9.17) is 10.5 Å². The molecule has 4 nitrogen and oxygen atoms in total. The van der Waals surface area contributed by atoms with Gasteiger partial charge in [0.25, 0.3) is 0 Å². The Bertz CT molecular complexity index is 727. The first-order valence-corrected chi connectivity index (χ1v) is 7.94. The lowest BCUT2D eigenvalue weighted by atomic mass is 9.95. The van der Waals surface area contributed by atoms with Crippen LogP contribution in [0, 0.1) is 0 Å². The molecule has 1 amide bonds. The number of nitrogens with zero attached hydrogens (tertiary/aromatic N) is 1. The van der Waals surface area contributed by atoms with Gasteiger partial charge in [-0.25, -0.2) is 0 Å². The third-order valence-electron chi connectivity index (χ3n) is 4.52. The fourth-order valence-corrected chi connectivity index (χ4v) is 3.17. The van der Waals surface area contributed by atoms with E-state index in [0.29, 0.717) is 0 Å². The van der Waals surface area contributed by atoms with Crippen molar-refractivity contribution in [3.05, 3.63) is 53.6 Å². The molecule has 0 saturated heterocycles. The molecule has 2 aromatic carbocycles. The zero-order valence-corrected chi connectivity index (χ0v) is 13.6. The average Bonchev–Trinajstić information content (AvgIpc) is 2.60. The van der Waals surface area contributed by atoms with Gasteiger partial charge < -0.3 is 15.4 Å². The summed E-state index contributed by atoms with van der Waals surface area (Å²) in [5.74, 6) is 0.646. The van der Waals surface area contributed by atoms with Gasteiger partial charge in [0.05, 0.1) is 13.0 Å². The fraction of sp³-hybridized carbons (Fsp3) is 0.316. The molecule has 1 aliphatic heterocycles. The zero-order valence-electron chi connectivity index (χ0n) is 13.6. The minimum Gasteiger partial charge on any atom is -0.497 e. The summed E-state index contributed by atoms with van der Waals surface area (Å²) in [5.41, 5.74) is 9.85. The van der Waals surface area contributed by atoms with Gasteiger partial charge in [0.2, 0.25) is 5.91 Å². The Morgan fingerprint density at radius 2 is 2.04 bits per heavy atom. The quantitative estimate of drug-likeness (QED) is 0.884. The summed E-state index contributed by atoms with van der Waals surface area (Å²) < 4.78 is 5.26. The molecule has 1 atom stereocenters. The molecule has 1 unspecified atom stereocenters. The number of hydrogen-bond donors (Lipinski definition) is 1. The van der Waals surface area contributed by atoms with Crippen LogP contribution in [0.3, 0.4) is 0 Å². The van der Waals surface area contributed by atoms with Gasteiger partial charge in [-0.2, -0.15) is 0 Å².